The van der Waals surface area contributed by atoms with Crippen molar-refractivity contribution in [3.8, 4) is 11.8 Å². The molecule has 0 saturated carbocycles. The van der Waals surface area contributed by atoms with Crippen LogP contribution in [0.4, 0.5) is 0 Å². The van der Waals surface area contributed by atoms with Gasteiger partial charge >= 0.3 is 0 Å². The first-order valence-electron chi connectivity index (χ1n) is 5.76. The van der Waals surface area contributed by atoms with E-state index in [9.17, 15) is 4.79 Å². The molecule has 1 aromatic heterocycles. The summed E-state index contributed by atoms with van der Waals surface area (Å²) >= 11 is 0. The van der Waals surface area contributed by atoms with Crippen LogP contribution >= 0.6 is 0 Å². The second-order valence-electron chi connectivity index (χ2n) is 3.69. The van der Waals surface area contributed by atoms with Crippen LogP contribution in [0.2, 0.25) is 0 Å². The summed E-state index contributed by atoms with van der Waals surface area (Å²) in [6.07, 6.45) is 9.81. The Morgan fingerprint density at radius 3 is 3.00 bits per heavy atom. The first-order valence-corrected chi connectivity index (χ1v) is 5.76. The molecule has 1 aromatic rings. The summed E-state index contributed by atoms with van der Waals surface area (Å²) in [5, 5.41) is 0. The second-order valence-corrected chi connectivity index (χ2v) is 3.69. The van der Waals surface area contributed by atoms with Crippen LogP contribution in [0.5, 0.6) is 0 Å². The van der Waals surface area contributed by atoms with Gasteiger partial charge in [-0.3, -0.25) is 9.78 Å². The fraction of sp³-hybridized carbons (Fsp3) is 0.429. The summed E-state index contributed by atoms with van der Waals surface area (Å²) in [4.78, 5) is 14.6. The lowest BCUT2D eigenvalue weighted by Crippen LogP contribution is -1.87. The Morgan fingerprint density at radius 2 is 2.25 bits per heavy atom. The van der Waals surface area contributed by atoms with Gasteiger partial charge in [0.15, 0.2) is 6.29 Å². The van der Waals surface area contributed by atoms with Crippen molar-refractivity contribution in [2.75, 3.05) is 0 Å². The fourth-order valence-corrected chi connectivity index (χ4v) is 1.41. The van der Waals surface area contributed by atoms with E-state index in [4.69, 9.17) is 0 Å². The van der Waals surface area contributed by atoms with E-state index >= 15 is 0 Å². The van der Waals surface area contributed by atoms with Crippen LogP contribution in [0, 0.1) is 11.8 Å². The molecule has 0 bridgehead atoms. The third-order valence-corrected chi connectivity index (χ3v) is 2.36. The lowest BCUT2D eigenvalue weighted by molar-refractivity contribution is 0.112. The van der Waals surface area contributed by atoms with Gasteiger partial charge in [-0.15, -0.1) is 0 Å². The van der Waals surface area contributed by atoms with Gasteiger partial charge in [-0.25, -0.2) is 0 Å². The number of carbonyl (C=O) groups excluding carboxylic acids is 1. The van der Waals surface area contributed by atoms with E-state index in [-0.39, 0.29) is 0 Å². The molecule has 0 aromatic carbocycles. The van der Waals surface area contributed by atoms with E-state index in [0.717, 1.165) is 24.7 Å². The average molecular weight is 215 g/mol. The van der Waals surface area contributed by atoms with E-state index < -0.39 is 0 Å². The highest BCUT2D eigenvalue weighted by Crippen LogP contribution is 2.04. The van der Waals surface area contributed by atoms with Crippen LogP contribution in [0.3, 0.4) is 0 Å². The molecular formula is C14H17NO. The SMILES string of the molecule is CCCCCCC#Cc1ccncc1C=O. The number of aromatic nitrogens is 1. The van der Waals surface area contributed by atoms with Gasteiger partial charge in [0.05, 0.1) is 0 Å². The summed E-state index contributed by atoms with van der Waals surface area (Å²) < 4.78 is 0. The minimum absolute atomic E-state index is 0.573. The van der Waals surface area contributed by atoms with Crippen molar-refractivity contribution in [3.05, 3.63) is 29.6 Å². The highest BCUT2D eigenvalue weighted by Gasteiger charge is 1.95. The quantitative estimate of drug-likeness (QED) is 0.429. The van der Waals surface area contributed by atoms with Crippen LogP contribution in [-0.2, 0) is 0 Å². The largest absolute Gasteiger partial charge is 0.298 e. The Hall–Kier alpha value is -1.62. The minimum Gasteiger partial charge on any atom is -0.298 e. The molecule has 2 heteroatoms. The van der Waals surface area contributed by atoms with Gasteiger partial charge in [0.2, 0.25) is 0 Å². The lowest BCUT2D eigenvalue weighted by Gasteiger charge is -1.94. The van der Waals surface area contributed by atoms with Gasteiger partial charge in [0.1, 0.15) is 0 Å². The second kappa shape index (κ2) is 7.64. The highest BCUT2D eigenvalue weighted by atomic mass is 16.1. The molecule has 0 saturated heterocycles. The van der Waals surface area contributed by atoms with Crippen LogP contribution in [-0.4, -0.2) is 11.3 Å². The molecule has 1 heterocycles. The van der Waals surface area contributed by atoms with Gasteiger partial charge in [-0.2, -0.15) is 0 Å². The first kappa shape index (κ1) is 12.4. The Balaban J connectivity index is 2.46. The van der Waals surface area contributed by atoms with E-state index in [0.29, 0.717) is 5.56 Å². The number of carbonyl (C=O) groups is 1. The van der Waals surface area contributed by atoms with Crippen LogP contribution < -0.4 is 0 Å². The first-order chi connectivity index (χ1) is 7.88. The predicted molar refractivity (Wildman–Crippen MR) is 65.3 cm³/mol. The fourth-order valence-electron chi connectivity index (χ4n) is 1.41. The molecule has 0 atom stereocenters. The zero-order valence-corrected chi connectivity index (χ0v) is 9.70. The highest BCUT2D eigenvalue weighted by molar-refractivity contribution is 5.78. The van der Waals surface area contributed by atoms with Gasteiger partial charge in [-0.05, 0) is 12.5 Å². The van der Waals surface area contributed by atoms with Gasteiger partial charge < -0.3 is 0 Å². The maximum Gasteiger partial charge on any atom is 0.152 e. The number of nitrogens with zero attached hydrogens (tertiary/aromatic N) is 1. The third kappa shape index (κ3) is 4.27. The molecule has 0 N–H and O–H groups in total. The van der Waals surface area contributed by atoms with Crippen LogP contribution in [0.15, 0.2) is 18.5 Å². The van der Waals surface area contributed by atoms with Crippen LogP contribution in [0.25, 0.3) is 0 Å². The van der Waals surface area contributed by atoms with Crippen molar-refractivity contribution >= 4 is 6.29 Å². The van der Waals surface area contributed by atoms with E-state index in [1.54, 1.807) is 18.5 Å². The van der Waals surface area contributed by atoms with Crippen molar-refractivity contribution < 1.29 is 4.79 Å². The Bertz CT molecular complexity index is 387. The summed E-state index contributed by atoms with van der Waals surface area (Å²) in [5.74, 6) is 6.12. The Morgan fingerprint density at radius 1 is 1.38 bits per heavy atom. The number of unbranched alkanes of at least 4 members (excludes halogenated alkanes) is 4. The predicted octanol–water partition coefficient (Wildman–Crippen LogP) is 3.22. The van der Waals surface area contributed by atoms with Gasteiger partial charge in [-0.1, -0.05) is 38.0 Å². The number of pyridine rings is 1. The van der Waals surface area contributed by atoms with E-state index in [2.05, 4.69) is 23.7 Å². The van der Waals surface area contributed by atoms with Gasteiger partial charge in [0.25, 0.3) is 0 Å². The molecule has 0 aliphatic rings. The molecule has 16 heavy (non-hydrogen) atoms. The van der Waals surface area contributed by atoms with Crippen molar-refractivity contribution in [3.63, 3.8) is 0 Å². The smallest absolute Gasteiger partial charge is 0.152 e. The van der Waals surface area contributed by atoms with Crippen molar-refractivity contribution in [2.24, 2.45) is 0 Å². The molecule has 0 unspecified atom stereocenters. The summed E-state index contributed by atoms with van der Waals surface area (Å²) in [5.41, 5.74) is 1.35. The van der Waals surface area contributed by atoms with Crippen molar-refractivity contribution in [1.29, 1.82) is 0 Å². The number of rotatable bonds is 5. The molecular weight excluding hydrogens is 198 g/mol. The molecule has 0 amide bonds. The maximum absolute atomic E-state index is 10.7. The monoisotopic (exact) mass is 215 g/mol. The van der Waals surface area contributed by atoms with Crippen LogP contribution in [0.1, 0.15) is 54.9 Å². The molecule has 84 valence electrons. The molecule has 2 nitrogen and oxygen atoms in total. The zero-order chi connectivity index (χ0) is 11.6. The van der Waals surface area contributed by atoms with E-state index in [1.165, 1.54) is 19.3 Å². The summed E-state index contributed by atoms with van der Waals surface area (Å²) in [7, 11) is 0. The van der Waals surface area contributed by atoms with Crippen molar-refractivity contribution in [1.82, 2.24) is 4.98 Å². The molecule has 0 aliphatic carbocycles. The number of hydrogen-bond acceptors (Lipinski definition) is 2. The molecule has 0 fully saturated rings. The van der Waals surface area contributed by atoms with Crippen molar-refractivity contribution in [2.45, 2.75) is 39.0 Å². The minimum atomic E-state index is 0.573. The number of hydrogen-bond donors (Lipinski definition) is 0. The van der Waals surface area contributed by atoms with Gasteiger partial charge in [0, 0.05) is 29.9 Å². The maximum atomic E-state index is 10.7. The summed E-state index contributed by atoms with van der Waals surface area (Å²) in [6, 6.07) is 1.78. The number of aldehydes is 1. The zero-order valence-electron chi connectivity index (χ0n) is 9.70. The molecule has 0 aliphatic heterocycles. The Labute approximate surface area is 97.1 Å². The average Bonchev–Trinajstić information content (AvgIpc) is 2.34. The third-order valence-electron chi connectivity index (χ3n) is 2.36. The lowest BCUT2D eigenvalue weighted by atomic mass is 10.1. The molecule has 1 rings (SSSR count). The molecule has 0 radical (unpaired) electrons. The normalized spacial score (nSPS) is 9.31. The van der Waals surface area contributed by atoms with E-state index in [1.807, 2.05) is 0 Å². The molecule has 0 spiro atoms. The Kier molecular flexibility index (Phi) is 5.95. The topological polar surface area (TPSA) is 30.0 Å². The summed E-state index contributed by atoms with van der Waals surface area (Å²) in [6.45, 7) is 2.19. The standard InChI is InChI=1S/C14H17NO/c1-2-3-4-5-6-7-8-13-9-10-15-11-14(13)12-16/h9-12H,2-6H2,1H3.